The van der Waals surface area contributed by atoms with Crippen molar-refractivity contribution in [3.05, 3.63) is 89.5 Å². The van der Waals surface area contributed by atoms with Gasteiger partial charge in [-0.25, -0.2) is 4.79 Å². The van der Waals surface area contributed by atoms with Crippen molar-refractivity contribution in [2.75, 3.05) is 26.9 Å². The number of fused-ring (bicyclic) bond motifs is 5. The van der Waals surface area contributed by atoms with E-state index in [2.05, 4.69) is 24.3 Å². The van der Waals surface area contributed by atoms with Gasteiger partial charge in [0.15, 0.2) is 5.78 Å². The average molecular weight is 484 g/mol. The summed E-state index contributed by atoms with van der Waals surface area (Å²) in [6.07, 6.45) is 0.815. The van der Waals surface area contributed by atoms with Gasteiger partial charge in [-0.05, 0) is 47.2 Å². The SMILES string of the molecule is COc1cccc(C(=O)C2CC3COCC(C2)N3C(=O)OCC2c3ccccc3-c3ccccc32)c1. The van der Waals surface area contributed by atoms with Gasteiger partial charge >= 0.3 is 6.09 Å². The average Bonchev–Trinajstić information content (AvgIpc) is 3.24. The van der Waals surface area contributed by atoms with Crippen LogP contribution in [0.2, 0.25) is 0 Å². The number of methoxy groups -OCH3 is 1. The normalized spacial score (nSPS) is 22.5. The summed E-state index contributed by atoms with van der Waals surface area (Å²) < 4.78 is 17.0. The molecule has 6 heteroatoms. The molecule has 2 unspecified atom stereocenters. The number of nitrogens with zero attached hydrogens (tertiary/aromatic N) is 1. The summed E-state index contributed by atoms with van der Waals surface area (Å²) in [6, 6.07) is 23.6. The van der Waals surface area contributed by atoms with E-state index in [4.69, 9.17) is 14.2 Å². The zero-order valence-corrected chi connectivity index (χ0v) is 20.3. The minimum absolute atomic E-state index is 0.0182. The summed E-state index contributed by atoms with van der Waals surface area (Å²) in [4.78, 5) is 28.5. The molecule has 2 atom stereocenters. The highest BCUT2D eigenvalue weighted by atomic mass is 16.6. The van der Waals surface area contributed by atoms with Crippen molar-refractivity contribution < 1.29 is 23.8 Å². The third-order valence-corrected chi connectivity index (χ3v) is 7.79. The van der Waals surface area contributed by atoms with Gasteiger partial charge in [0.25, 0.3) is 0 Å². The third kappa shape index (κ3) is 3.95. The maximum atomic E-state index is 13.4. The van der Waals surface area contributed by atoms with Gasteiger partial charge in [0.1, 0.15) is 12.4 Å². The zero-order chi connectivity index (χ0) is 24.6. The minimum Gasteiger partial charge on any atom is -0.497 e. The Hall–Kier alpha value is -3.64. The van der Waals surface area contributed by atoms with Gasteiger partial charge in [0, 0.05) is 17.4 Å². The highest BCUT2D eigenvalue weighted by molar-refractivity contribution is 5.98. The lowest BCUT2D eigenvalue weighted by Crippen LogP contribution is -2.60. The van der Waals surface area contributed by atoms with Crippen LogP contribution < -0.4 is 4.74 Å². The van der Waals surface area contributed by atoms with Crippen molar-refractivity contribution in [3.63, 3.8) is 0 Å². The fourth-order valence-corrected chi connectivity index (χ4v) is 6.11. The largest absolute Gasteiger partial charge is 0.497 e. The smallest absolute Gasteiger partial charge is 0.410 e. The van der Waals surface area contributed by atoms with Crippen LogP contribution in [0, 0.1) is 5.92 Å². The molecule has 0 aromatic heterocycles. The minimum atomic E-state index is -0.317. The summed E-state index contributed by atoms with van der Waals surface area (Å²) in [5.41, 5.74) is 5.44. The Bertz CT molecular complexity index is 1240. The van der Waals surface area contributed by atoms with E-state index in [1.807, 2.05) is 47.4 Å². The highest BCUT2D eigenvalue weighted by Crippen LogP contribution is 2.44. The van der Waals surface area contributed by atoms with Crippen LogP contribution in [-0.2, 0) is 9.47 Å². The molecular weight excluding hydrogens is 454 g/mol. The van der Waals surface area contributed by atoms with Crippen LogP contribution in [0.4, 0.5) is 4.79 Å². The van der Waals surface area contributed by atoms with E-state index in [0.717, 1.165) is 0 Å². The van der Waals surface area contributed by atoms with Crippen molar-refractivity contribution in [1.29, 1.82) is 0 Å². The second kappa shape index (κ2) is 9.43. The molecule has 0 spiro atoms. The molecule has 2 bridgehead atoms. The lowest BCUT2D eigenvalue weighted by Gasteiger charge is -2.47. The summed E-state index contributed by atoms with van der Waals surface area (Å²) in [7, 11) is 1.60. The molecule has 2 fully saturated rings. The first-order chi connectivity index (χ1) is 17.6. The molecule has 6 nitrogen and oxygen atoms in total. The van der Waals surface area contributed by atoms with Crippen LogP contribution in [0.25, 0.3) is 11.1 Å². The Morgan fingerprint density at radius 1 is 0.889 bits per heavy atom. The molecule has 6 rings (SSSR count). The Morgan fingerprint density at radius 2 is 1.53 bits per heavy atom. The van der Waals surface area contributed by atoms with Crippen molar-refractivity contribution in [2.45, 2.75) is 30.8 Å². The molecule has 1 aliphatic carbocycles. The number of Topliss-reactive ketones (excluding diaryl/α,β-unsaturated/α-hetero) is 1. The molecule has 2 saturated heterocycles. The van der Waals surface area contributed by atoms with Crippen LogP contribution in [-0.4, -0.2) is 55.8 Å². The summed E-state index contributed by atoms with van der Waals surface area (Å²) >= 11 is 0. The lowest BCUT2D eigenvalue weighted by molar-refractivity contribution is -0.0747. The summed E-state index contributed by atoms with van der Waals surface area (Å²) in [5.74, 6) is 0.622. The van der Waals surface area contributed by atoms with Gasteiger partial charge in [0.2, 0.25) is 0 Å². The predicted molar refractivity (Wildman–Crippen MR) is 135 cm³/mol. The number of ketones is 1. The molecule has 1 amide bonds. The maximum Gasteiger partial charge on any atom is 0.410 e. The molecule has 3 aromatic rings. The molecule has 0 saturated carbocycles. The zero-order valence-electron chi connectivity index (χ0n) is 20.3. The van der Waals surface area contributed by atoms with E-state index < -0.39 is 0 Å². The Labute approximate surface area is 210 Å². The number of piperidine rings is 1. The van der Waals surface area contributed by atoms with Gasteiger partial charge in [-0.3, -0.25) is 9.69 Å². The number of rotatable bonds is 5. The first-order valence-electron chi connectivity index (χ1n) is 12.5. The van der Waals surface area contributed by atoms with E-state index in [0.29, 0.717) is 37.4 Å². The van der Waals surface area contributed by atoms with Gasteiger partial charge in [-0.15, -0.1) is 0 Å². The fourth-order valence-electron chi connectivity index (χ4n) is 6.11. The molecule has 184 valence electrons. The Kier molecular flexibility index (Phi) is 5.97. The molecule has 2 heterocycles. The van der Waals surface area contributed by atoms with Gasteiger partial charge in [-0.1, -0.05) is 60.7 Å². The summed E-state index contributed by atoms with van der Waals surface area (Å²) in [6.45, 7) is 1.13. The maximum absolute atomic E-state index is 13.4. The second-order valence-electron chi connectivity index (χ2n) is 9.82. The first kappa shape index (κ1) is 22.8. The van der Waals surface area contributed by atoms with Crippen molar-refractivity contribution >= 4 is 11.9 Å². The van der Waals surface area contributed by atoms with Gasteiger partial charge < -0.3 is 14.2 Å². The third-order valence-electron chi connectivity index (χ3n) is 7.79. The van der Waals surface area contributed by atoms with E-state index in [9.17, 15) is 9.59 Å². The van der Waals surface area contributed by atoms with Crippen LogP contribution in [0.15, 0.2) is 72.8 Å². The topological polar surface area (TPSA) is 65.1 Å². The monoisotopic (exact) mass is 483 g/mol. The second-order valence-corrected chi connectivity index (χ2v) is 9.82. The van der Waals surface area contributed by atoms with E-state index in [1.54, 1.807) is 13.2 Å². The Balaban J connectivity index is 1.16. The molecule has 3 aliphatic rings. The van der Waals surface area contributed by atoms with Crippen LogP contribution in [0.3, 0.4) is 0 Å². The predicted octanol–water partition coefficient (Wildman–Crippen LogP) is 5.31. The first-order valence-corrected chi connectivity index (χ1v) is 12.5. The number of benzene rings is 3. The lowest BCUT2D eigenvalue weighted by atomic mass is 9.81. The van der Waals surface area contributed by atoms with Crippen LogP contribution in [0.5, 0.6) is 5.75 Å². The standard InChI is InChI=1S/C30H29NO5/c1-34-23-8-6-7-19(15-23)29(32)20-13-21-16-35-17-22(14-20)31(21)30(33)36-18-28-26-11-4-2-9-24(26)25-10-3-5-12-27(25)28/h2-12,15,20-22,28H,13-14,16-18H2,1H3. The van der Waals surface area contributed by atoms with E-state index in [1.165, 1.54) is 22.3 Å². The highest BCUT2D eigenvalue weighted by Gasteiger charge is 2.45. The van der Waals surface area contributed by atoms with Gasteiger partial charge in [0.05, 0.1) is 32.4 Å². The molecule has 36 heavy (non-hydrogen) atoms. The molecule has 3 aromatic carbocycles. The van der Waals surface area contributed by atoms with E-state index in [-0.39, 0.29) is 42.4 Å². The van der Waals surface area contributed by atoms with Crippen LogP contribution >= 0.6 is 0 Å². The van der Waals surface area contributed by atoms with Crippen molar-refractivity contribution in [1.82, 2.24) is 4.90 Å². The molecule has 0 radical (unpaired) electrons. The number of ether oxygens (including phenoxy) is 3. The molecule has 0 N–H and O–H groups in total. The molecular formula is C30H29NO5. The Morgan fingerprint density at radius 3 is 2.17 bits per heavy atom. The number of morpholine rings is 1. The number of amides is 1. The van der Waals surface area contributed by atoms with Crippen molar-refractivity contribution in [2.24, 2.45) is 5.92 Å². The van der Waals surface area contributed by atoms with Crippen molar-refractivity contribution in [3.8, 4) is 16.9 Å². The summed E-state index contributed by atoms with van der Waals surface area (Å²) in [5, 5.41) is 0. The van der Waals surface area contributed by atoms with Crippen LogP contribution in [0.1, 0.15) is 40.2 Å². The number of hydrogen-bond donors (Lipinski definition) is 0. The number of carbonyl (C=O) groups is 2. The number of carbonyl (C=O) groups excluding carboxylic acids is 2. The number of hydrogen-bond acceptors (Lipinski definition) is 5. The quantitative estimate of drug-likeness (QED) is 0.461. The fraction of sp³-hybridized carbons (Fsp3) is 0.333. The van der Waals surface area contributed by atoms with Gasteiger partial charge in [-0.2, -0.15) is 0 Å². The molecule has 2 aliphatic heterocycles. The van der Waals surface area contributed by atoms with E-state index >= 15 is 0 Å².